The first kappa shape index (κ1) is 14.3. The molecule has 1 unspecified atom stereocenters. The van der Waals surface area contributed by atoms with Gasteiger partial charge in [-0.2, -0.15) is 0 Å². The molecule has 0 saturated carbocycles. The number of halogens is 1. The van der Waals surface area contributed by atoms with Gasteiger partial charge in [-0.25, -0.2) is 13.6 Å². The van der Waals surface area contributed by atoms with Gasteiger partial charge in [0.05, 0.1) is 21.6 Å². The second-order valence-corrected chi connectivity index (χ2v) is 7.02. The Morgan fingerprint density at radius 3 is 2.68 bits per heavy atom. The van der Waals surface area contributed by atoms with Gasteiger partial charge in [-0.3, -0.25) is 0 Å². The van der Waals surface area contributed by atoms with Gasteiger partial charge in [0, 0.05) is 4.88 Å². The van der Waals surface area contributed by atoms with E-state index in [0.29, 0.717) is 10.7 Å². The van der Waals surface area contributed by atoms with E-state index in [9.17, 15) is 8.42 Å². The maximum atomic E-state index is 11.3. The number of primary sulfonamides is 1. The van der Waals surface area contributed by atoms with Gasteiger partial charge in [-0.15, -0.1) is 11.3 Å². The molecule has 0 aliphatic heterocycles. The van der Waals surface area contributed by atoms with Crippen molar-refractivity contribution >= 4 is 38.6 Å². The zero-order valence-corrected chi connectivity index (χ0v) is 12.5. The van der Waals surface area contributed by atoms with Crippen LogP contribution in [0.5, 0.6) is 0 Å². The molecule has 0 spiro atoms. The van der Waals surface area contributed by atoms with Crippen LogP contribution in [0.15, 0.2) is 40.6 Å². The minimum Gasteiger partial charge on any atom is -0.376 e. The molecule has 1 aromatic heterocycles. The largest absolute Gasteiger partial charge is 0.376 e. The van der Waals surface area contributed by atoms with Crippen molar-refractivity contribution in [3.05, 3.63) is 45.6 Å². The molecule has 3 N–H and O–H groups in total. The first-order valence-electron chi connectivity index (χ1n) is 5.50. The highest BCUT2D eigenvalue weighted by atomic mass is 35.5. The second kappa shape index (κ2) is 5.50. The Hall–Kier alpha value is -1.08. The molecule has 4 nitrogen and oxygen atoms in total. The molecule has 0 aliphatic carbocycles. The minimum atomic E-state index is -3.73. The molecule has 1 heterocycles. The van der Waals surface area contributed by atoms with Crippen LogP contribution >= 0.6 is 22.9 Å². The van der Waals surface area contributed by atoms with Crippen molar-refractivity contribution in [2.75, 3.05) is 5.32 Å². The predicted molar refractivity (Wildman–Crippen MR) is 79.2 cm³/mol. The van der Waals surface area contributed by atoms with Gasteiger partial charge in [0.2, 0.25) is 10.0 Å². The molecule has 0 saturated heterocycles. The third-order valence-electron chi connectivity index (χ3n) is 2.61. The standard InChI is InChI=1S/C12H13ClN2O2S2/c1-8(12-3-2-6-18-12)15-11-7-9(19(14,16)17)4-5-10(11)13/h2-8,15H,1H3,(H2,14,16,17). The van der Waals surface area contributed by atoms with E-state index < -0.39 is 10.0 Å². The van der Waals surface area contributed by atoms with Gasteiger partial charge in [0.15, 0.2) is 0 Å². The minimum absolute atomic E-state index is 0.0354. The fraction of sp³-hybridized carbons (Fsp3) is 0.167. The fourth-order valence-electron chi connectivity index (χ4n) is 1.63. The smallest absolute Gasteiger partial charge is 0.238 e. The Kier molecular flexibility index (Phi) is 4.15. The summed E-state index contributed by atoms with van der Waals surface area (Å²) in [5, 5.41) is 10.7. The van der Waals surface area contributed by atoms with Crippen LogP contribution in [0.2, 0.25) is 5.02 Å². The van der Waals surface area contributed by atoms with Crippen LogP contribution < -0.4 is 10.5 Å². The molecule has 7 heteroatoms. The topological polar surface area (TPSA) is 72.2 Å². The van der Waals surface area contributed by atoms with E-state index in [2.05, 4.69) is 5.32 Å². The highest BCUT2D eigenvalue weighted by Gasteiger charge is 2.13. The van der Waals surface area contributed by atoms with E-state index >= 15 is 0 Å². The fourth-order valence-corrected chi connectivity index (χ4v) is 3.08. The lowest BCUT2D eigenvalue weighted by molar-refractivity contribution is 0.598. The third kappa shape index (κ3) is 3.48. The van der Waals surface area contributed by atoms with Crippen molar-refractivity contribution in [2.24, 2.45) is 5.14 Å². The van der Waals surface area contributed by atoms with Crippen LogP contribution in [0.1, 0.15) is 17.8 Å². The number of rotatable bonds is 4. The van der Waals surface area contributed by atoms with Gasteiger partial charge < -0.3 is 5.32 Å². The molecular formula is C12H13ClN2O2S2. The molecule has 102 valence electrons. The number of hydrogen-bond donors (Lipinski definition) is 2. The number of benzene rings is 1. The number of nitrogens with one attached hydrogen (secondary N) is 1. The number of anilines is 1. The van der Waals surface area contributed by atoms with Crippen molar-refractivity contribution in [1.82, 2.24) is 0 Å². The summed E-state index contributed by atoms with van der Waals surface area (Å²) in [6.45, 7) is 1.98. The molecule has 2 aromatic rings. The van der Waals surface area contributed by atoms with Crippen LogP contribution in [0.4, 0.5) is 5.69 Å². The monoisotopic (exact) mass is 316 g/mol. The Bertz CT molecular complexity index is 669. The maximum Gasteiger partial charge on any atom is 0.238 e. The molecular weight excluding hydrogens is 304 g/mol. The van der Waals surface area contributed by atoms with Gasteiger partial charge in [0.1, 0.15) is 0 Å². The van der Waals surface area contributed by atoms with Crippen molar-refractivity contribution in [1.29, 1.82) is 0 Å². The molecule has 0 aliphatic rings. The summed E-state index contributed by atoms with van der Waals surface area (Å²) < 4.78 is 22.6. The van der Waals surface area contributed by atoms with Gasteiger partial charge >= 0.3 is 0 Å². The number of hydrogen-bond acceptors (Lipinski definition) is 4. The van der Waals surface area contributed by atoms with Crippen LogP contribution in [0.3, 0.4) is 0 Å². The van der Waals surface area contributed by atoms with E-state index in [4.69, 9.17) is 16.7 Å². The normalized spacial score (nSPS) is 13.2. The third-order valence-corrected chi connectivity index (χ3v) is 4.90. The van der Waals surface area contributed by atoms with Gasteiger partial charge in [-0.05, 0) is 36.6 Å². The summed E-state index contributed by atoms with van der Waals surface area (Å²) in [5.74, 6) is 0. The van der Waals surface area contributed by atoms with E-state index in [1.807, 2.05) is 24.4 Å². The summed E-state index contributed by atoms with van der Waals surface area (Å²) in [4.78, 5) is 1.18. The lowest BCUT2D eigenvalue weighted by atomic mass is 10.2. The molecule has 0 amide bonds. The molecule has 1 atom stereocenters. The lowest BCUT2D eigenvalue weighted by Crippen LogP contribution is -2.13. The zero-order chi connectivity index (χ0) is 14.0. The summed E-state index contributed by atoms with van der Waals surface area (Å²) in [6, 6.07) is 8.35. The van der Waals surface area contributed by atoms with Crippen molar-refractivity contribution < 1.29 is 8.42 Å². The molecule has 0 fully saturated rings. The number of thiophene rings is 1. The molecule has 1 aromatic carbocycles. The number of nitrogens with two attached hydrogens (primary N) is 1. The van der Waals surface area contributed by atoms with E-state index in [1.54, 1.807) is 11.3 Å². The lowest BCUT2D eigenvalue weighted by Gasteiger charge is -2.15. The molecule has 0 bridgehead atoms. The Morgan fingerprint density at radius 1 is 1.37 bits per heavy atom. The average molecular weight is 317 g/mol. The second-order valence-electron chi connectivity index (χ2n) is 4.07. The average Bonchev–Trinajstić information content (AvgIpc) is 2.84. The van der Waals surface area contributed by atoms with Crippen LogP contribution in [-0.2, 0) is 10.0 Å². The highest BCUT2D eigenvalue weighted by Crippen LogP contribution is 2.29. The SMILES string of the molecule is CC(Nc1cc(S(N)(=O)=O)ccc1Cl)c1cccs1. The van der Waals surface area contributed by atoms with Crippen molar-refractivity contribution in [3.8, 4) is 0 Å². The highest BCUT2D eigenvalue weighted by molar-refractivity contribution is 7.89. The van der Waals surface area contributed by atoms with Gasteiger partial charge in [0.25, 0.3) is 0 Å². The summed E-state index contributed by atoms with van der Waals surface area (Å²) in [6.07, 6.45) is 0. The quantitative estimate of drug-likeness (QED) is 0.909. The Morgan fingerprint density at radius 2 is 2.11 bits per heavy atom. The Labute approximate surface area is 121 Å². The Balaban J connectivity index is 2.30. The summed E-state index contributed by atoms with van der Waals surface area (Å²) in [5.41, 5.74) is 0.550. The number of sulfonamides is 1. The molecule has 0 radical (unpaired) electrons. The molecule has 19 heavy (non-hydrogen) atoms. The van der Waals surface area contributed by atoms with Crippen LogP contribution in [0, 0.1) is 0 Å². The maximum absolute atomic E-state index is 11.3. The van der Waals surface area contributed by atoms with Crippen LogP contribution in [0.25, 0.3) is 0 Å². The molecule has 2 rings (SSSR count). The predicted octanol–water partition coefficient (Wildman–Crippen LogP) is 3.22. The first-order chi connectivity index (χ1) is 8.88. The van der Waals surface area contributed by atoms with E-state index in [0.717, 1.165) is 4.88 Å². The van der Waals surface area contributed by atoms with Crippen LogP contribution in [-0.4, -0.2) is 8.42 Å². The van der Waals surface area contributed by atoms with E-state index in [-0.39, 0.29) is 10.9 Å². The van der Waals surface area contributed by atoms with Crippen molar-refractivity contribution in [2.45, 2.75) is 17.9 Å². The summed E-state index contributed by atoms with van der Waals surface area (Å²) >= 11 is 7.67. The van der Waals surface area contributed by atoms with Crippen molar-refractivity contribution in [3.63, 3.8) is 0 Å². The first-order valence-corrected chi connectivity index (χ1v) is 8.30. The zero-order valence-electron chi connectivity index (χ0n) is 10.1. The van der Waals surface area contributed by atoms with Gasteiger partial charge in [-0.1, -0.05) is 17.7 Å². The summed E-state index contributed by atoms with van der Waals surface area (Å²) in [7, 11) is -3.73. The van der Waals surface area contributed by atoms with E-state index in [1.165, 1.54) is 18.2 Å².